The first-order chi connectivity index (χ1) is 8.18. The van der Waals surface area contributed by atoms with Crippen LogP contribution in [-0.4, -0.2) is 14.7 Å². The van der Waals surface area contributed by atoms with Crippen LogP contribution in [0.25, 0.3) is 0 Å². The quantitative estimate of drug-likeness (QED) is 0.368. The van der Waals surface area contributed by atoms with Gasteiger partial charge in [0.2, 0.25) is 0 Å². The number of nitrogens with zero attached hydrogens (tertiary/aromatic N) is 1. The number of benzene rings is 1. The SMILES string of the molecule is O=C(C1=CC=IC=C1)c1ccc([N+](=O)[O-])cc1. The fourth-order valence-electron chi connectivity index (χ4n) is 1.36. The highest BCUT2D eigenvalue weighted by Crippen LogP contribution is 2.18. The molecular formula is C12H8INO3. The lowest BCUT2D eigenvalue weighted by Crippen LogP contribution is -2.02. The molecule has 0 N–H and O–H groups in total. The van der Waals surface area contributed by atoms with Crippen molar-refractivity contribution in [3.63, 3.8) is 0 Å². The molecule has 1 aliphatic rings. The molecule has 0 radical (unpaired) electrons. The highest BCUT2D eigenvalue weighted by molar-refractivity contribution is 14.2. The van der Waals surface area contributed by atoms with Crippen LogP contribution in [0.4, 0.5) is 5.69 Å². The average molecular weight is 341 g/mol. The van der Waals surface area contributed by atoms with Crippen molar-refractivity contribution < 1.29 is 9.72 Å². The van der Waals surface area contributed by atoms with Gasteiger partial charge in [-0.2, -0.15) is 0 Å². The van der Waals surface area contributed by atoms with Crippen LogP contribution in [-0.2, 0) is 0 Å². The third kappa shape index (κ3) is 2.73. The van der Waals surface area contributed by atoms with Gasteiger partial charge in [0.25, 0.3) is 5.69 Å². The van der Waals surface area contributed by atoms with Crippen LogP contribution in [0.15, 0.2) is 46.1 Å². The molecule has 1 aliphatic heterocycles. The van der Waals surface area contributed by atoms with E-state index in [0.717, 1.165) is 0 Å². The molecule has 0 aliphatic carbocycles. The Hall–Kier alpha value is -1.63. The molecule has 0 atom stereocenters. The summed E-state index contributed by atoms with van der Waals surface area (Å²) in [6.45, 7) is 0. The average Bonchev–Trinajstić information content (AvgIpc) is 2.39. The van der Waals surface area contributed by atoms with Gasteiger partial charge < -0.3 is 0 Å². The second-order valence-corrected chi connectivity index (χ2v) is 5.46. The maximum atomic E-state index is 12.0. The minimum absolute atomic E-state index is 0.00727. The molecule has 86 valence electrons. The van der Waals surface area contributed by atoms with Crippen molar-refractivity contribution in [2.45, 2.75) is 0 Å². The Balaban J connectivity index is 2.26. The molecule has 1 aromatic carbocycles. The Labute approximate surface area is 108 Å². The molecule has 0 amide bonds. The molecule has 17 heavy (non-hydrogen) atoms. The Morgan fingerprint density at radius 3 is 2.47 bits per heavy atom. The molecule has 5 heteroatoms. The number of Topliss-reactive ketones (excluding diaryl/α,β-unsaturated/α-hetero) is 1. The van der Waals surface area contributed by atoms with Gasteiger partial charge in [-0.3, -0.25) is 14.9 Å². The third-order valence-electron chi connectivity index (χ3n) is 2.23. The Bertz CT molecular complexity index is 556. The molecular weight excluding hydrogens is 333 g/mol. The summed E-state index contributed by atoms with van der Waals surface area (Å²) in [6, 6.07) is 5.66. The predicted molar refractivity (Wildman–Crippen MR) is 74.7 cm³/mol. The van der Waals surface area contributed by atoms with Gasteiger partial charge in [0.15, 0.2) is 5.78 Å². The minimum atomic E-state index is -0.480. The Morgan fingerprint density at radius 1 is 1.24 bits per heavy atom. The lowest BCUT2D eigenvalue weighted by Gasteiger charge is -2.02. The number of carbonyl (C=O) groups is 1. The summed E-state index contributed by atoms with van der Waals surface area (Å²) < 4.78 is 4.02. The first-order valence-corrected chi connectivity index (χ1v) is 7.29. The lowest BCUT2D eigenvalue weighted by molar-refractivity contribution is -0.384. The number of nitro benzene ring substituents is 1. The number of rotatable bonds is 3. The third-order valence-corrected chi connectivity index (χ3v) is 3.78. The van der Waals surface area contributed by atoms with E-state index in [9.17, 15) is 14.9 Å². The van der Waals surface area contributed by atoms with E-state index in [4.69, 9.17) is 0 Å². The number of nitro groups is 1. The van der Waals surface area contributed by atoms with Crippen molar-refractivity contribution in [3.8, 4) is 0 Å². The van der Waals surface area contributed by atoms with Crippen LogP contribution in [0.2, 0.25) is 0 Å². The molecule has 0 aromatic heterocycles. The molecule has 1 aromatic rings. The molecule has 4 nitrogen and oxygen atoms in total. The summed E-state index contributed by atoms with van der Waals surface area (Å²) in [4.78, 5) is 22.0. The van der Waals surface area contributed by atoms with Crippen LogP contribution >= 0.6 is 20.7 Å². The first kappa shape index (κ1) is 11.8. The zero-order chi connectivity index (χ0) is 12.3. The van der Waals surface area contributed by atoms with Gasteiger partial charge in [-0.25, -0.2) is 0 Å². The highest BCUT2D eigenvalue weighted by Gasteiger charge is 2.12. The molecule has 0 bridgehead atoms. The van der Waals surface area contributed by atoms with Crippen molar-refractivity contribution in [1.29, 1.82) is 0 Å². The standard InChI is InChI=1S/C12H8INO3/c15-12(10-5-7-13-8-6-10)9-1-3-11(4-2-9)14(16)17/h1-8H. The van der Waals surface area contributed by atoms with Gasteiger partial charge in [-0.05, 0) is 32.4 Å². The molecule has 1 heterocycles. The Morgan fingerprint density at radius 2 is 1.94 bits per heavy atom. The number of hydrogen-bond donors (Lipinski definition) is 0. The molecule has 2 rings (SSSR count). The number of non-ortho nitro benzene ring substituents is 1. The normalized spacial score (nSPS) is 13.8. The van der Waals surface area contributed by atoms with Crippen LogP contribution in [0.5, 0.6) is 0 Å². The van der Waals surface area contributed by atoms with Gasteiger partial charge in [-0.15, -0.1) is 0 Å². The van der Waals surface area contributed by atoms with Crippen molar-refractivity contribution in [2.75, 3.05) is 0 Å². The van der Waals surface area contributed by atoms with Crippen molar-refractivity contribution in [2.24, 2.45) is 0 Å². The van der Waals surface area contributed by atoms with E-state index in [1.807, 2.05) is 20.2 Å². The molecule has 0 saturated heterocycles. The van der Waals surface area contributed by atoms with Crippen LogP contribution in [0.3, 0.4) is 0 Å². The fourth-order valence-corrected chi connectivity index (χ4v) is 2.79. The highest BCUT2D eigenvalue weighted by atomic mass is 127. The van der Waals surface area contributed by atoms with Crippen molar-refractivity contribution in [1.82, 2.24) is 0 Å². The summed E-state index contributed by atoms with van der Waals surface area (Å²) in [7, 11) is 0. The largest absolute Gasteiger partial charge is 0.289 e. The predicted octanol–water partition coefficient (Wildman–Crippen LogP) is 3.00. The first-order valence-electron chi connectivity index (χ1n) is 4.79. The van der Waals surface area contributed by atoms with Crippen LogP contribution < -0.4 is 0 Å². The number of allylic oxidation sites excluding steroid dienone is 3. The number of hydrogen-bond acceptors (Lipinski definition) is 3. The maximum absolute atomic E-state index is 12.0. The zero-order valence-electron chi connectivity index (χ0n) is 8.67. The van der Waals surface area contributed by atoms with E-state index in [0.29, 0.717) is 11.1 Å². The maximum Gasteiger partial charge on any atom is 0.269 e. The van der Waals surface area contributed by atoms with E-state index in [1.54, 1.807) is 0 Å². The van der Waals surface area contributed by atoms with Crippen molar-refractivity contribution in [3.05, 3.63) is 61.8 Å². The zero-order valence-corrected chi connectivity index (χ0v) is 10.8. The van der Waals surface area contributed by atoms with Gasteiger partial charge in [0.1, 0.15) is 0 Å². The Kier molecular flexibility index (Phi) is 3.58. The van der Waals surface area contributed by atoms with Crippen LogP contribution in [0, 0.1) is 10.1 Å². The van der Waals surface area contributed by atoms with Gasteiger partial charge in [0.05, 0.1) is 4.92 Å². The summed E-state index contributed by atoms with van der Waals surface area (Å²) in [5, 5.41) is 10.5. The molecule has 0 unspecified atom stereocenters. The molecule has 0 saturated carbocycles. The van der Waals surface area contributed by atoms with Gasteiger partial charge >= 0.3 is 0 Å². The second-order valence-electron chi connectivity index (χ2n) is 3.30. The van der Waals surface area contributed by atoms with E-state index in [-0.39, 0.29) is 32.2 Å². The number of ketones is 1. The molecule has 0 fully saturated rings. The minimum Gasteiger partial charge on any atom is -0.289 e. The van der Waals surface area contributed by atoms with Crippen molar-refractivity contribution >= 4 is 36.2 Å². The van der Waals surface area contributed by atoms with Gasteiger partial charge in [0, 0.05) is 23.3 Å². The summed E-state index contributed by atoms with van der Waals surface area (Å²) in [6.07, 6.45) is 3.63. The van der Waals surface area contributed by atoms with E-state index < -0.39 is 4.92 Å². The number of carbonyl (C=O) groups excluding carboxylic acids is 1. The fraction of sp³-hybridized carbons (Fsp3) is 0. The van der Waals surface area contributed by atoms with E-state index in [2.05, 4.69) is 0 Å². The number of halogens is 1. The van der Waals surface area contributed by atoms with E-state index >= 15 is 0 Å². The summed E-state index contributed by atoms with van der Waals surface area (Å²) in [5.74, 6) is -0.101. The smallest absolute Gasteiger partial charge is 0.269 e. The van der Waals surface area contributed by atoms with Gasteiger partial charge in [-0.1, -0.05) is 20.7 Å². The van der Waals surface area contributed by atoms with E-state index in [1.165, 1.54) is 24.3 Å². The topological polar surface area (TPSA) is 60.2 Å². The molecule has 0 spiro atoms. The lowest BCUT2D eigenvalue weighted by atomic mass is 10.0. The monoisotopic (exact) mass is 341 g/mol. The summed E-state index contributed by atoms with van der Waals surface area (Å²) >= 11 is -0.0457. The summed E-state index contributed by atoms with van der Waals surface area (Å²) in [5.41, 5.74) is 1.09. The van der Waals surface area contributed by atoms with Crippen LogP contribution in [0.1, 0.15) is 10.4 Å². The second kappa shape index (κ2) is 5.13.